The molecule has 0 saturated heterocycles. The Labute approximate surface area is 283 Å². The van der Waals surface area contributed by atoms with Crippen LogP contribution in [0.5, 0.6) is 0 Å². The first kappa shape index (κ1) is 32.7. The van der Waals surface area contributed by atoms with Crippen LogP contribution in [-0.4, -0.2) is 23.1 Å². The highest BCUT2D eigenvalue weighted by Gasteiger charge is 2.26. The van der Waals surface area contributed by atoms with Crippen molar-refractivity contribution in [2.45, 2.75) is 65.1 Å². The van der Waals surface area contributed by atoms with E-state index < -0.39 is 10.0 Å². The summed E-state index contributed by atoms with van der Waals surface area (Å²) in [6.45, 7) is 11.7. The van der Waals surface area contributed by atoms with Crippen LogP contribution in [0.3, 0.4) is 0 Å². The number of benzene rings is 2. The first-order valence-corrected chi connectivity index (χ1v) is 18.1. The maximum Gasteiger partial charge on any atom is 0.273 e. The number of pyridine rings is 2. The second-order valence-corrected chi connectivity index (χ2v) is 15.2. The van der Waals surface area contributed by atoms with Gasteiger partial charge in [0.05, 0.1) is 17.6 Å². The van der Waals surface area contributed by atoms with E-state index in [1.54, 1.807) is 13.8 Å². The number of nitrogens with zero attached hydrogens (tertiary/aromatic N) is 3. The molecule has 2 aromatic carbocycles. The molecule has 4 aromatic heterocycles. The minimum Gasteiger partial charge on any atom is -0.359 e. The molecule has 0 bridgehead atoms. The molecule has 0 aliphatic rings. The molecule has 0 aliphatic heterocycles. The van der Waals surface area contributed by atoms with Crippen molar-refractivity contribution in [3.63, 3.8) is 0 Å². The van der Waals surface area contributed by atoms with Gasteiger partial charge in [-0.25, -0.2) is 8.42 Å². The molecule has 0 aliphatic carbocycles. The van der Waals surface area contributed by atoms with E-state index in [0.717, 1.165) is 68.0 Å². The quantitative estimate of drug-likeness (QED) is 0.163. The first-order valence-electron chi connectivity index (χ1n) is 15.4. The van der Waals surface area contributed by atoms with Crippen LogP contribution < -0.4 is 10.3 Å². The molecular weight excluding hydrogens is 652 g/mol. The molecule has 4 heterocycles. The van der Waals surface area contributed by atoms with Gasteiger partial charge in [0.15, 0.2) is 5.82 Å². The third kappa shape index (κ3) is 6.01. The van der Waals surface area contributed by atoms with Crippen LogP contribution in [-0.2, 0) is 29.4 Å². The normalized spacial score (nSPS) is 11.8. The van der Waals surface area contributed by atoms with Crippen molar-refractivity contribution in [3.8, 4) is 22.3 Å². The summed E-state index contributed by atoms with van der Waals surface area (Å²) in [6.07, 6.45) is 1.47. The number of aryl methyl sites for hydroxylation is 5. The predicted molar refractivity (Wildman–Crippen MR) is 190 cm³/mol. The second-order valence-electron chi connectivity index (χ2n) is 11.6. The maximum atomic E-state index is 14.3. The molecule has 11 heteroatoms. The summed E-state index contributed by atoms with van der Waals surface area (Å²) in [4.78, 5) is 20.1. The highest BCUT2D eigenvalue weighted by atomic mass is 35.5. The van der Waals surface area contributed by atoms with Gasteiger partial charge in [0.25, 0.3) is 15.6 Å². The van der Waals surface area contributed by atoms with E-state index in [4.69, 9.17) is 21.1 Å². The number of aromatic nitrogens is 3. The van der Waals surface area contributed by atoms with Crippen LogP contribution in [0.4, 0.5) is 5.82 Å². The lowest BCUT2D eigenvalue weighted by Gasteiger charge is -2.19. The monoisotopic (exact) mass is 686 g/mol. The Morgan fingerprint density at radius 2 is 1.68 bits per heavy atom. The molecule has 6 aromatic rings. The van der Waals surface area contributed by atoms with Gasteiger partial charge in [-0.15, -0.1) is 11.3 Å². The summed E-state index contributed by atoms with van der Waals surface area (Å²) in [5.74, 6) is 0.688. The van der Waals surface area contributed by atoms with Crippen LogP contribution >= 0.6 is 22.9 Å². The van der Waals surface area contributed by atoms with Gasteiger partial charge in [0.1, 0.15) is 9.97 Å². The van der Waals surface area contributed by atoms with Gasteiger partial charge >= 0.3 is 0 Å². The van der Waals surface area contributed by atoms with Crippen molar-refractivity contribution in [1.29, 1.82) is 0 Å². The standard InChI is InChI=1S/C36H35ClN4O4S2/c1-7-26-18-31-33(30(8-2)38-26)22(5)32(25-12-10-9-11-13-25)35(42)41(31)19-24-14-15-27(29(37)17-24)28-16-20(3)46-36(28)47(43,44)40-34-21(4)23(6)45-39-34/h9-18H,7-8,19H2,1-6H3,(H,39,40). The maximum absolute atomic E-state index is 14.3. The van der Waals surface area contributed by atoms with Crippen LogP contribution in [0.15, 0.2) is 74.2 Å². The predicted octanol–water partition coefficient (Wildman–Crippen LogP) is 8.64. The molecule has 8 nitrogen and oxygen atoms in total. The molecule has 1 N–H and O–H groups in total. The van der Waals surface area contributed by atoms with Crippen molar-refractivity contribution in [1.82, 2.24) is 14.7 Å². The van der Waals surface area contributed by atoms with Crippen LogP contribution in [0.2, 0.25) is 5.02 Å². The number of fused-ring (bicyclic) bond motifs is 1. The van der Waals surface area contributed by atoms with Gasteiger partial charge in [0, 0.05) is 43.4 Å². The molecule has 0 spiro atoms. The molecule has 0 unspecified atom stereocenters. The van der Waals surface area contributed by atoms with Crippen molar-refractivity contribution < 1.29 is 12.9 Å². The van der Waals surface area contributed by atoms with E-state index in [9.17, 15) is 13.2 Å². The Kier molecular flexibility index (Phi) is 8.86. The average Bonchev–Trinajstić information content (AvgIpc) is 3.60. The van der Waals surface area contributed by atoms with Crippen LogP contribution in [0.25, 0.3) is 33.2 Å². The Balaban J connectivity index is 1.46. The number of nitrogens with one attached hydrogen (secondary N) is 1. The molecule has 6 rings (SSSR count). The lowest BCUT2D eigenvalue weighted by Crippen LogP contribution is -2.25. The molecule has 0 saturated carbocycles. The molecule has 0 fully saturated rings. The number of thiophene rings is 1. The second kappa shape index (κ2) is 12.7. The average molecular weight is 687 g/mol. The smallest absolute Gasteiger partial charge is 0.273 e. The van der Waals surface area contributed by atoms with E-state index in [2.05, 4.69) is 23.7 Å². The molecule has 0 radical (unpaired) electrons. The third-order valence-corrected chi connectivity index (χ3v) is 11.7. The van der Waals surface area contributed by atoms with Gasteiger partial charge in [-0.1, -0.05) is 73.1 Å². The van der Waals surface area contributed by atoms with Crippen LogP contribution in [0, 0.1) is 27.7 Å². The fourth-order valence-corrected chi connectivity index (χ4v) is 8.96. The molecule has 0 amide bonds. The Morgan fingerprint density at radius 1 is 0.936 bits per heavy atom. The van der Waals surface area contributed by atoms with E-state index in [0.29, 0.717) is 33.0 Å². The number of sulfonamides is 1. The highest BCUT2D eigenvalue weighted by Crippen LogP contribution is 2.40. The molecular formula is C36H35ClN4O4S2. The minimum atomic E-state index is -4.00. The van der Waals surface area contributed by atoms with Gasteiger partial charge < -0.3 is 9.09 Å². The van der Waals surface area contributed by atoms with E-state index in [-0.39, 0.29) is 22.1 Å². The number of rotatable bonds is 9. The highest BCUT2D eigenvalue weighted by molar-refractivity contribution is 7.94. The van der Waals surface area contributed by atoms with Gasteiger partial charge in [-0.2, -0.15) is 0 Å². The Morgan fingerprint density at radius 3 is 2.32 bits per heavy atom. The Bertz CT molecular complexity index is 2320. The minimum absolute atomic E-state index is 0.0944. The summed E-state index contributed by atoms with van der Waals surface area (Å²) in [5.41, 5.74) is 7.53. The summed E-state index contributed by atoms with van der Waals surface area (Å²) >= 11 is 8.08. The lowest BCUT2D eigenvalue weighted by molar-refractivity contribution is 0.399. The number of anilines is 1. The zero-order chi connectivity index (χ0) is 33.6. The van der Waals surface area contributed by atoms with Crippen molar-refractivity contribution >= 4 is 49.7 Å². The largest absolute Gasteiger partial charge is 0.359 e. The first-order chi connectivity index (χ1) is 22.4. The van der Waals surface area contributed by atoms with E-state index in [1.165, 1.54) is 0 Å². The van der Waals surface area contributed by atoms with Crippen molar-refractivity contribution in [3.05, 3.63) is 115 Å². The van der Waals surface area contributed by atoms with Crippen molar-refractivity contribution in [2.75, 3.05) is 4.72 Å². The number of hydrogen-bond acceptors (Lipinski definition) is 7. The zero-order valence-electron chi connectivity index (χ0n) is 27.1. The van der Waals surface area contributed by atoms with Crippen LogP contribution in [0.1, 0.15) is 52.6 Å². The fourth-order valence-electron chi connectivity index (χ4n) is 5.95. The molecule has 0 atom stereocenters. The summed E-state index contributed by atoms with van der Waals surface area (Å²) in [6, 6.07) is 19.1. The van der Waals surface area contributed by atoms with Gasteiger partial charge in [0.2, 0.25) is 0 Å². The fraction of sp³-hybridized carbons (Fsp3) is 0.250. The summed E-state index contributed by atoms with van der Waals surface area (Å²) in [7, 11) is -4.00. The lowest BCUT2D eigenvalue weighted by atomic mass is 9.96. The Hall–Kier alpha value is -4.25. The van der Waals surface area contributed by atoms with Gasteiger partial charge in [-0.3, -0.25) is 14.5 Å². The van der Waals surface area contributed by atoms with Gasteiger partial charge in [-0.05, 0) is 75.4 Å². The summed E-state index contributed by atoms with van der Waals surface area (Å²) in [5, 5.41) is 5.23. The SMILES string of the molecule is CCc1cc2c(c(CC)n1)c(C)c(-c1ccccc1)c(=O)n2Cc1ccc(-c2cc(C)sc2S(=O)(=O)Nc2noc(C)c2C)c(Cl)c1. The molecule has 242 valence electrons. The number of hydrogen-bond donors (Lipinski definition) is 1. The van der Waals surface area contributed by atoms with E-state index >= 15 is 0 Å². The molecule has 47 heavy (non-hydrogen) atoms. The summed E-state index contributed by atoms with van der Waals surface area (Å²) < 4.78 is 36.8. The third-order valence-electron chi connectivity index (χ3n) is 8.50. The zero-order valence-corrected chi connectivity index (χ0v) is 29.5. The topological polar surface area (TPSA) is 107 Å². The van der Waals surface area contributed by atoms with Crippen molar-refractivity contribution in [2.24, 2.45) is 0 Å². The van der Waals surface area contributed by atoms with E-state index in [1.807, 2.05) is 79.1 Å². The number of halogens is 1.